The van der Waals surface area contributed by atoms with Gasteiger partial charge in [0.25, 0.3) is 0 Å². The van der Waals surface area contributed by atoms with Gasteiger partial charge in [-0.2, -0.15) is 0 Å². The minimum absolute atomic E-state index is 0.211. The number of hydrogen-bond acceptors (Lipinski definition) is 2. The molecule has 1 aliphatic heterocycles. The summed E-state index contributed by atoms with van der Waals surface area (Å²) in [5, 5.41) is 7.57. The van der Waals surface area contributed by atoms with Crippen molar-refractivity contribution in [3.8, 4) is 0 Å². The molecule has 96 valence electrons. The molecule has 18 heavy (non-hydrogen) atoms. The summed E-state index contributed by atoms with van der Waals surface area (Å²) < 4.78 is 0. The van der Waals surface area contributed by atoms with E-state index in [9.17, 15) is 0 Å². The highest BCUT2D eigenvalue weighted by molar-refractivity contribution is 5.85. The lowest BCUT2D eigenvalue weighted by atomic mass is 10.00. The maximum Gasteiger partial charge on any atom is 0.110 e. The number of rotatable bonds is 2. The van der Waals surface area contributed by atoms with Crippen LogP contribution < -0.4 is 10.6 Å². The molecule has 3 N–H and O–H groups in total. The fourth-order valence-electron chi connectivity index (χ4n) is 2.60. The average Bonchev–Trinajstić information content (AvgIpc) is 2.41. The molecule has 0 aromatic heterocycles. The van der Waals surface area contributed by atoms with E-state index in [1.54, 1.807) is 0 Å². The van der Waals surface area contributed by atoms with Crippen molar-refractivity contribution >= 4 is 17.1 Å². The van der Waals surface area contributed by atoms with Gasteiger partial charge in [0.15, 0.2) is 0 Å². The number of fused-ring (bicyclic) bond motifs is 1. The fourth-order valence-corrected chi connectivity index (χ4v) is 2.60. The van der Waals surface area contributed by atoms with E-state index < -0.39 is 0 Å². The van der Waals surface area contributed by atoms with Gasteiger partial charge in [0.1, 0.15) is 5.84 Å². The van der Waals surface area contributed by atoms with Crippen molar-refractivity contribution in [3.05, 3.63) is 35.9 Å². The Balaban J connectivity index is 2.52. The molecule has 2 unspecified atom stereocenters. The number of anilines is 1. The van der Waals surface area contributed by atoms with Crippen molar-refractivity contribution in [2.45, 2.75) is 26.8 Å². The zero-order chi connectivity index (χ0) is 13.3. The summed E-state index contributed by atoms with van der Waals surface area (Å²) in [6, 6.07) is 8.70. The van der Waals surface area contributed by atoms with Crippen LogP contribution in [0.2, 0.25) is 0 Å². The third-order valence-corrected chi connectivity index (χ3v) is 3.74. The molecule has 0 spiro atoms. The smallest absolute Gasteiger partial charge is 0.110 e. The van der Waals surface area contributed by atoms with Gasteiger partial charge in [0, 0.05) is 17.3 Å². The lowest BCUT2D eigenvalue weighted by Gasteiger charge is -2.33. The van der Waals surface area contributed by atoms with Crippen molar-refractivity contribution in [3.63, 3.8) is 0 Å². The second kappa shape index (κ2) is 4.84. The van der Waals surface area contributed by atoms with Gasteiger partial charge in [-0.15, -0.1) is 0 Å². The van der Waals surface area contributed by atoms with Crippen LogP contribution in [-0.4, -0.2) is 18.4 Å². The predicted octanol–water partition coefficient (Wildman–Crippen LogP) is 2.87. The number of allylic oxidation sites excluding steroid dienone is 1. The second-order valence-corrected chi connectivity index (χ2v) is 5.12. The monoisotopic (exact) mass is 243 g/mol. The molecule has 1 heterocycles. The van der Waals surface area contributed by atoms with E-state index in [4.69, 9.17) is 11.1 Å². The molecule has 1 aromatic carbocycles. The lowest BCUT2D eigenvalue weighted by Crippen LogP contribution is -2.42. The molecule has 2 rings (SSSR count). The Kier molecular flexibility index (Phi) is 3.41. The Morgan fingerprint density at radius 1 is 1.33 bits per heavy atom. The summed E-state index contributed by atoms with van der Waals surface area (Å²) >= 11 is 0. The summed E-state index contributed by atoms with van der Waals surface area (Å²) in [5.74, 6) is 0.653. The Morgan fingerprint density at radius 2 is 2.00 bits per heavy atom. The molecule has 0 saturated carbocycles. The maximum atomic E-state index is 7.57. The molecule has 0 fully saturated rings. The van der Waals surface area contributed by atoms with E-state index in [2.05, 4.69) is 49.9 Å². The van der Waals surface area contributed by atoms with Crippen molar-refractivity contribution in [1.29, 1.82) is 5.41 Å². The van der Waals surface area contributed by atoms with Gasteiger partial charge >= 0.3 is 0 Å². The van der Waals surface area contributed by atoms with Crippen LogP contribution in [0.4, 0.5) is 5.69 Å². The fraction of sp³-hybridized carbons (Fsp3) is 0.400. The molecular weight excluding hydrogens is 222 g/mol. The van der Waals surface area contributed by atoms with Crippen LogP contribution in [0, 0.1) is 11.3 Å². The number of nitrogens with two attached hydrogens (primary N) is 1. The highest BCUT2D eigenvalue weighted by Gasteiger charge is 2.25. The molecule has 3 heteroatoms. The van der Waals surface area contributed by atoms with E-state index in [0.717, 1.165) is 0 Å². The zero-order valence-electron chi connectivity index (χ0n) is 11.3. The summed E-state index contributed by atoms with van der Waals surface area (Å²) in [6.07, 6.45) is 2.31. The second-order valence-electron chi connectivity index (χ2n) is 5.12. The largest absolute Gasteiger partial charge is 0.386 e. The molecule has 3 nitrogen and oxygen atoms in total. The van der Waals surface area contributed by atoms with E-state index in [1.807, 2.05) is 6.07 Å². The number of para-hydroxylation sites is 1. The van der Waals surface area contributed by atoms with Gasteiger partial charge in [-0.3, -0.25) is 5.41 Å². The van der Waals surface area contributed by atoms with Gasteiger partial charge in [-0.05, 0) is 31.4 Å². The molecular formula is C15H21N3. The first-order valence-corrected chi connectivity index (χ1v) is 6.38. The van der Waals surface area contributed by atoms with Gasteiger partial charge in [-0.25, -0.2) is 0 Å². The third-order valence-electron chi connectivity index (χ3n) is 3.74. The van der Waals surface area contributed by atoms with Crippen molar-refractivity contribution in [2.24, 2.45) is 11.7 Å². The normalized spacial score (nSPS) is 23.1. The van der Waals surface area contributed by atoms with Crippen LogP contribution in [0.5, 0.6) is 0 Å². The Morgan fingerprint density at radius 3 is 2.67 bits per heavy atom. The number of nitrogens with one attached hydrogen (secondary N) is 1. The van der Waals surface area contributed by atoms with Crippen LogP contribution in [-0.2, 0) is 0 Å². The van der Waals surface area contributed by atoms with E-state index in [1.165, 1.54) is 16.8 Å². The van der Waals surface area contributed by atoms with Gasteiger partial charge in [0.2, 0.25) is 0 Å². The topological polar surface area (TPSA) is 53.1 Å². The lowest BCUT2D eigenvalue weighted by molar-refractivity contribution is 0.546. The number of amidine groups is 1. The number of hydrogen-bond donors (Lipinski definition) is 2. The van der Waals surface area contributed by atoms with Gasteiger partial charge in [0.05, 0.1) is 6.54 Å². The first-order valence-electron chi connectivity index (χ1n) is 6.38. The summed E-state index contributed by atoms with van der Waals surface area (Å²) in [5.41, 5.74) is 9.32. The number of benzene rings is 1. The highest BCUT2D eigenvalue weighted by atomic mass is 15.2. The van der Waals surface area contributed by atoms with Crippen LogP contribution in [0.1, 0.15) is 26.3 Å². The summed E-state index contributed by atoms with van der Waals surface area (Å²) in [7, 11) is 0. The third kappa shape index (κ3) is 2.26. The van der Waals surface area contributed by atoms with Crippen LogP contribution in [0.15, 0.2) is 30.3 Å². The molecule has 0 aliphatic carbocycles. The van der Waals surface area contributed by atoms with Crippen LogP contribution in [0.3, 0.4) is 0 Å². The summed E-state index contributed by atoms with van der Waals surface area (Å²) in [6.45, 7) is 7.05. The molecule has 1 aromatic rings. The first-order chi connectivity index (χ1) is 8.50. The number of nitrogens with zero attached hydrogens (tertiary/aromatic N) is 1. The van der Waals surface area contributed by atoms with Gasteiger partial charge < -0.3 is 10.6 Å². The molecule has 1 aliphatic rings. The maximum absolute atomic E-state index is 7.57. The Labute approximate surface area is 109 Å². The van der Waals surface area contributed by atoms with Crippen molar-refractivity contribution < 1.29 is 0 Å². The molecule has 2 atom stereocenters. The van der Waals surface area contributed by atoms with Crippen molar-refractivity contribution in [1.82, 2.24) is 0 Å². The Hall–Kier alpha value is -1.77. The molecule has 0 bridgehead atoms. The minimum Gasteiger partial charge on any atom is -0.386 e. The average molecular weight is 243 g/mol. The molecule has 0 amide bonds. The molecule has 0 saturated heterocycles. The predicted molar refractivity (Wildman–Crippen MR) is 78.0 cm³/mol. The Bertz CT molecular complexity index is 490. The quantitative estimate of drug-likeness (QED) is 0.620. The SMILES string of the molecule is CC1=CC(C)C(C)N(CC(=N)N)c2ccccc21. The minimum atomic E-state index is 0.211. The highest BCUT2D eigenvalue weighted by Crippen LogP contribution is 2.34. The molecule has 0 radical (unpaired) electrons. The van der Waals surface area contributed by atoms with E-state index >= 15 is 0 Å². The van der Waals surface area contributed by atoms with Crippen LogP contribution in [0.25, 0.3) is 5.57 Å². The van der Waals surface area contributed by atoms with Gasteiger partial charge in [-0.1, -0.05) is 31.2 Å². The standard InChI is InChI=1S/C15H21N3/c1-10-8-11(2)13-6-4-5-7-14(13)18(12(10)3)9-15(16)17/h4-8,10,12H,9H2,1-3H3,(H3,16,17). The van der Waals surface area contributed by atoms with E-state index in [0.29, 0.717) is 18.5 Å². The van der Waals surface area contributed by atoms with Crippen LogP contribution >= 0.6 is 0 Å². The van der Waals surface area contributed by atoms with Crippen molar-refractivity contribution in [2.75, 3.05) is 11.4 Å². The zero-order valence-corrected chi connectivity index (χ0v) is 11.3. The first kappa shape index (κ1) is 12.7. The van der Waals surface area contributed by atoms with E-state index in [-0.39, 0.29) is 5.84 Å². The summed E-state index contributed by atoms with van der Waals surface area (Å²) in [4.78, 5) is 2.23.